The Kier molecular flexibility index (Phi) is 15.9. The molecule has 4 aromatic heterocycles. The number of urea groups is 1. The molecule has 0 bridgehead atoms. The van der Waals surface area contributed by atoms with E-state index in [0.29, 0.717) is 47.0 Å². The second kappa shape index (κ2) is 23.1. The second-order valence-corrected chi connectivity index (χ2v) is 22.1. The number of hydrogen-bond donors (Lipinski definition) is 6. The van der Waals surface area contributed by atoms with Gasteiger partial charge in [0, 0.05) is 75.1 Å². The molecule has 0 saturated carbocycles. The maximum Gasteiger partial charge on any atom is 0.315 e. The first-order valence-electron chi connectivity index (χ1n) is 25.9. The lowest BCUT2D eigenvalue weighted by Gasteiger charge is -2.47. The van der Waals surface area contributed by atoms with Gasteiger partial charge in [-0.1, -0.05) is 30.3 Å². The molecule has 406 valence electrons. The standard InChI is InChI=1S/C29H32FN5O3S.C29H32N6O3S/c1-16(33-28-21-13-24(37-3)25(38-4)14-23(21)34-17(2)35-28)26-9-10-27(39-26)20-8-7-19(30)12-18(20)15-32-29(36)22-6-5-11-31-22;1-17(31-27-21-11-23(37-3)24(38-4)12-22(21)32-18(2)33-27)25-9-10-26(39-25)20-8-6-5-7-19(20)13-35-15-29(16-35)14-30-28(36)34-29/h7-10,12-14,16,22,31H,5-6,11,15H2,1-4H3,(H,32,36)(H,33,34,35);5-12,17H,13-16H2,1-4H3,(H2,30,34,36)(H,31,32,33)/t16?,22-;/m0./s1. The van der Waals surface area contributed by atoms with Gasteiger partial charge in [-0.2, -0.15) is 0 Å². The van der Waals surface area contributed by atoms with Crippen LogP contribution in [0.1, 0.15) is 71.3 Å². The summed E-state index contributed by atoms with van der Waals surface area (Å²) in [5.41, 5.74) is 5.63. The van der Waals surface area contributed by atoms with Crippen LogP contribution in [0.5, 0.6) is 23.0 Å². The Hall–Kier alpha value is -7.65. The number of amides is 3. The van der Waals surface area contributed by atoms with Gasteiger partial charge in [0.05, 0.1) is 63.1 Å². The largest absolute Gasteiger partial charge is 0.493 e. The molecule has 4 aromatic carbocycles. The topological polar surface area (TPSA) is 198 Å². The van der Waals surface area contributed by atoms with Gasteiger partial charge in [0.25, 0.3) is 0 Å². The minimum Gasteiger partial charge on any atom is -0.493 e. The number of thiophene rings is 2. The molecule has 3 fully saturated rings. The highest BCUT2D eigenvalue weighted by atomic mass is 32.1. The molecule has 17 nitrogen and oxygen atoms in total. The molecule has 78 heavy (non-hydrogen) atoms. The Bertz CT molecular complexity index is 3510. The molecule has 3 aliphatic rings. The molecule has 3 atom stereocenters. The van der Waals surface area contributed by atoms with Crippen LogP contribution >= 0.6 is 22.7 Å². The third kappa shape index (κ3) is 11.6. The third-order valence-corrected chi connectivity index (χ3v) is 16.9. The number of halogens is 1. The second-order valence-electron chi connectivity index (χ2n) is 19.9. The molecule has 0 aliphatic carbocycles. The summed E-state index contributed by atoms with van der Waals surface area (Å²) in [6, 6.07) is 29.1. The smallest absolute Gasteiger partial charge is 0.315 e. The number of fused-ring (bicyclic) bond motifs is 2. The SMILES string of the molecule is COc1cc2nc(C)nc(NC(C)c3ccc(-c4ccc(F)cc4CNC(=O)[C@@H]4CCCN4)s3)c2cc1OC.COc1cc2nc(C)nc(NC(C)c3ccc(-c4ccccc4CN4CC5(CNC(=O)N5)C4)s3)c2cc1OC. The van der Waals surface area contributed by atoms with Crippen LogP contribution in [0.4, 0.5) is 20.8 Å². The Labute approximate surface area is 460 Å². The molecule has 2 unspecified atom stereocenters. The van der Waals surface area contributed by atoms with Crippen molar-refractivity contribution in [2.75, 3.05) is 65.3 Å². The lowest BCUT2D eigenvalue weighted by Crippen LogP contribution is -2.68. The lowest BCUT2D eigenvalue weighted by molar-refractivity contribution is -0.122. The van der Waals surface area contributed by atoms with Gasteiger partial charge in [0.2, 0.25) is 5.91 Å². The quantitative estimate of drug-likeness (QED) is 0.0504. The molecule has 3 amide bonds. The number of benzene rings is 4. The molecular weight excluding hydrogens is 1030 g/mol. The van der Waals surface area contributed by atoms with E-state index in [0.717, 1.165) is 87.5 Å². The van der Waals surface area contributed by atoms with Crippen molar-refractivity contribution in [2.24, 2.45) is 0 Å². The number of likely N-dealkylation sites (tertiary alicyclic amines) is 1. The fourth-order valence-electron chi connectivity index (χ4n) is 10.4. The maximum atomic E-state index is 14.2. The monoisotopic (exact) mass is 1090 g/mol. The Morgan fingerprint density at radius 2 is 1.28 bits per heavy atom. The molecule has 1 spiro atoms. The van der Waals surface area contributed by atoms with E-state index >= 15 is 0 Å². The van der Waals surface area contributed by atoms with Crippen LogP contribution in [0.15, 0.2) is 91.0 Å². The van der Waals surface area contributed by atoms with E-state index in [4.69, 9.17) is 23.9 Å². The number of ether oxygens (including phenoxy) is 4. The first-order valence-corrected chi connectivity index (χ1v) is 27.6. The van der Waals surface area contributed by atoms with Gasteiger partial charge in [0.15, 0.2) is 23.0 Å². The van der Waals surface area contributed by atoms with Gasteiger partial charge in [0.1, 0.15) is 29.1 Å². The fourth-order valence-corrected chi connectivity index (χ4v) is 12.5. The zero-order valence-electron chi connectivity index (χ0n) is 44.9. The Balaban J connectivity index is 0.000000176. The van der Waals surface area contributed by atoms with E-state index in [1.807, 2.05) is 44.2 Å². The van der Waals surface area contributed by atoms with Crippen molar-refractivity contribution in [2.45, 2.75) is 77.3 Å². The van der Waals surface area contributed by atoms with Crippen molar-refractivity contribution in [3.63, 3.8) is 0 Å². The van der Waals surface area contributed by atoms with Crippen LogP contribution in [-0.2, 0) is 17.9 Å². The van der Waals surface area contributed by atoms with Crippen molar-refractivity contribution >= 4 is 68.1 Å². The highest BCUT2D eigenvalue weighted by Gasteiger charge is 2.47. The number of anilines is 2. The van der Waals surface area contributed by atoms with E-state index in [9.17, 15) is 14.0 Å². The number of rotatable bonds is 17. The van der Waals surface area contributed by atoms with Gasteiger partial charge in [-0.25, -0.2) is 29.1 Å². The molecule has 8 aromatic rings. The lowest BCUT2D eigenvalue weighted by atomic mass is 9.90. The molecule has 3 saturated heterocycles. The molecule has 7 heterocycles. The molecule has 6 N–H and O–H groups in total. The van der Waals surface area contributed by atoms with E-state index < -0.39 is 0 Å². The molecule has 0 radical (unpaired) electrons. The van der Waals surface area contributed by atoms with E-state index in [2.05, 4.69) is 108 Å². The number of aromatic nitrogens is 4. The van der Waals surface area contributed by atoms with Crippen molar-refractivity contribution < 1.29 is 32.9 Å². The highest BCUT2D eigenvalue weighted by Crippen LogP contribution is 2.41. The number of carbonyl (C=O) groups is 2. The maximum absolute atomic E-state index is 14.2. The number of nitrogens with one attached hydrogen (secondary N) is 6. The highest BCUT2D eigenvalue weighted by molar-refractivity contribution is 7.16. The van der Waals surface area contributed by atoms with Crippen molar-refractivity contribution in [1.29, 1.82) is 0 Å². The minimum absolute atomic E-state index is 0.0372. The molecular formula is C58H64FN11O6S2. The fraction of sp³-hybridized carbons (Fsp3) is 0.345. The summed E-state index contributed by atoms with van der Waals surface area (Å²) in [5.74, 6) is 4.91. The summed E-state index contributed by atoms with van der Waals surface area (Å²) in [4.78, 5) is 49.6. The Morgan fingerprint density at radius 3 is 1.81 bits per heavy atom. The Morgan fingerprint density at radius 1 is 0.731 bits per heavy atom. The zero-order valence-corrected chi connectivity index (χ0v) is 46.6. The van der Waals surface area contributed by atoms with Gasteiger partial charge in [-0.05, 0) is 118 Å². The van der Waals surface area contributed by atoms with E-state index in [-0.39, 0.29) is 48.0 Å². The normalized spacial score (nSPS) is 16.4. The van der Waals surface area contributed by atoms with E-state index in [1.165, 1.54) is 33.0 Å². The minimum atomic E-state index is -0.327. The van der Waals surface area contributed by atoms with Crippen molar-refractivity contribution in [1.82, 2.24) is 46.1 Å². The van der Waals surface area contributed by atoms with Gasteiger partial charge >= 0.3 is 6.03 Å². The number of carbonyl (C=O) groups excluding carboxylic acids is 2. The average molecular weight is 1090 g/mol. The predicted molar refractivity (Wildman–Crippen MR) is 306 cm³/mol. The third-order valence-electron chi connectivity index (χ3n) is 14.3. The first-order chi connectivity index (χ1) is 37.7. The zero-order chi connectivity index (χ0) is 54.7. The van der Waals surface area contributed by atoms with Crippen LogP contribution in [-0.4, -0.2) is 103 Å². The number of aryl methyl sites for hydroxylation is 2. The van der Waals surface area contributed by atoms with Crippen LogP contribution in [0, 0.1) is 19.7 Å². The summed E-state index contributed by atoms with van der Waals surface area (Å²) in [7, 11) is 6.45. The number of hydrogen-bond acceptors (Lipinski definition) is 16. The number of methoxy groups -OCH3 is 4. The average Bonchev–Trinajstić information content (AvgIpc) is 4.30. The van der Waals surface area contributed by atoms with E-state index in [1.54, 1.807) is 57.2 Å². The van der Waals surface area contributed by atoms with Crippen LogP contribution in [0.2, 0.25) is 0 Å². The summed E-state index contributed by atoms with van der Waals surface area (Å²) in [5, 5.41) is 21.0. The van der Waals surface area contributed by atoms with Crippen LogP contribution < -0.4 is 50.8 Å². The van der Waals surface area contributed by atoms with Gasteiger partial charge < -0.3 is 50.8 Å². The predicted octanol–water partition coefficient (Wildman–Crippen LogP) is 10.1. The summed E-state index contributed by atoms with van der Waals surface area (Å²) < 4.78 is 36.1. The summed E-state index contributed by atoms with van der Waals surface area (Å²) >= 11 is 3.40. The number of nitrogens with zero attached hydrogens (tertiary/aromatic N) is 5. The first kappa shape index (κ1) is 53.7. The summed E-state index contributed by atoms with van der Waals surface area (Å²) in [6.45, 7) is 12.4. The molecule has 20 heteroatoms. The molecule has 3 aliphatic heterocycles. The van der Waals surface area contributed by atoms with Gasteiger partial charge in [-0.3, -0.25) is 9.69 Å². The van der Waals surface area contributed by atoms with Crippen LogP contribution in [0.3, 0.4) is 0 Å². The van der Waals surface area contributed by atoms with Crippen LogP contribution in [0.25, 0.3) is 42.7 Å². The van der Waals surface area contributed by atoms with Crippen molar-refractivity contribution in [3.8, 4) is 43.9 Å². The van der Waals surface area contributed by atoms with Gasteiger partial charge in [-0.15, -0.1) is 22.7 Å². The summed E-state index contributed by atoms with van der Waals surface area (Å²) in [6.07, 6.45) is 1.81. The molecule has 11 rings (SSSR count). The van der Waals surface area contributed by atoms with Crippen molar-refractivity contribution in [3.05, 3.63) is 129 Å².